The summed E-state index contributed by atoms with van der Waals surface area (Å²) < 4.78 is 8.89. The summed E-state index contributed by atoms with van der Waals surface area (Å²) in [7, 11) is 3.44. The Morgan fingerprint density at radius 1 is 1.30 bits per heavy atom. The number of ether oxygens (including phenoxy) is 1. The maximum Gasteiger partial charge on any atom is 0.270 e. The first-order valence-electron chi connectivity index (χ1n) is 8.18. The van der Waals surface area contributed by atoms with Gasteiger partial charge in [0.05, 0.1) is 17.8 Å². The second-order valence-electron chi connectivity index (χ2n) is 6.00. The van der Waals surface area contributed by atoms with Crippen molar-refractivity contribution < 1.29 is 19.4 Å². The lowest BCUT2D eigenvalue weighted by Gasteiger charge is -2.13. The van der Waals surface area contributed by atoms with Gasteiger partial charge in [-0.05, 0) is 24.3 Å². The molecule has 1 atom stereocenters. The molecule has 2 heterocycles. The molecule has 142 valence electrons. The number of benzene rings is 1. The van der Waals surface area contributed by atoms with Crippen LogP contribution in [0.1, 0.15) is 16.2 Å². The van der Waals surface area contributed by atoms with Crippen LogP contribution >= 0.6 is 0 Å². The van der Waals surface area contributed by atoms with Crippen molar-refractivity contribution in [2.24, 2.45) is 19.8 Å². The van der Waals surface area contributed by atoms with Gasteiger partial charge in [0.25, 0.3) is 5.91 Å². The number of hydrogen-bond donors (Lipinski definition) is 3. The first kappa shape index (κ1) is 18.4. The molecule has 10 heteroatoms. The lowest BCUT2D eigenvalue weighted by atomic mass is 10.1. The number of fused-ring (bicyclic) bond motifs is 1. The molecule has 0 aliphatic heterocycles. The average Bonchev–Trinajstić information content (AvgIpc) is 3.18. The maximum absolute atomic E-state index is 12.6. The van der Waals surface area contributed by atoms with Gasteiger partial charge < -0.3 is 20.9 Å². The largest absolute Gasteiger partial charge is 0.487 e. The smallest absolute Gasteiger partial charge is 0.270 e. The summed E-state index contributed by atoms with van der Waals surface area (Å²) in [6.07, 6.45) is 1.68. The molecule has 0 saturated heterocycles. The zero-order valence-electron chi connectivity index (χ0n) is 14.9. The molecule has 4 N–H and O–H groups in total. The van der Waals surface area contributed by atoms with Crippen molar-refractivity contribution in [3.05, 3.63) is 41.9 Å². The fraction of sp³-hybridized carbons (Fsp3) is 0.294. The van der Waals surface area contributed by atoms with Crippen molar-refractivity contribution in [3.8, 4) is 5.75 Å². The highest BCUT2D eigenvalue weighted by Crippen LogP contribution is 2.24. The Balaban J connectivity index is 1.87. The van der Waals surface area contributed by atoms with Gasteiger partial charge in [0.15, 0.2) is 0 Å². The molecule has 1 aromatic carbocycles. The predicted octanol–water partition coefficient (Wildman–Crippen LogP) is -0.538. The Kier molecular flexibility index (Phi) is 5.08. The second-order valence-corrected chi connectivity index (χ2v) is 6.00. The summed E-state index contributed by atoms with van der Waals surface area (Å²) in [5, 5.41) is 20.5. The van der Waals surface area contributed by atoms with Gasteiger partial charge in [-0.15, -0.1) is 0 Å². The van der Waals surface area contributed by atoms with Gasteiger partial charge in [-0.3, -0.25) is 19.0 Å². The van der Waals surface area contributed by atoms with Crippen LogP contribution in [-0.4, -0.2) is 49.1 Å². The highest BCUT2D eigenvalue weighted by molar-refractivity contribution is 6.06. The zero-order valence-corrected chi connectivity index (χ0v) is 14.9. The first-order chi connectivity index (χ1) is 12.9. The Morgan fingerprint density at radius 2 is 2.07 bits per heavy atom. The molecule has 0 aliphatic rings. The number of amides is 2. The van der Waals surface area contributed by atoms with Gasteiger partial charge in [0, 0.05) is 25.7 Å². The van der Waals surface area contributed by atoms with E-state index in [4.69, 9.17) is 10.5 Å². The van der Waals surface area contributed by atoms with Crippen LogP contribution in [0, 0.1) is 0 Å². The van der Waals surface area contributed by atoms with E-state index in [2.05, 4.69) is 15.5 Å². The van der Waals surface area contributed by atoms with E-state index in [9.17, 15) is 14.7 Å². The van der Waals surface area contributed by atoms with E-state index in [0.29, 0.717) is 23.3 Å². The van der Waals surface area contributed by atoms with E-state index in [1.807, 2.05) is 13.1 Å². The Morgan fingerprint density at radius 3 is 2.70 bits per heavy atom. The van der Waals surface area contributed by atoms with Gasteiger partial charge in [-0.2, -0.15) is 10.2 Å². The summed E-state index contributed by atoms with van der Waals surface area (Å²) in [5.41, 5.74) is 6.88. The molecule has 0 radical (unpaired) electrons. The van der Waals surface area contributed by atoms with Gasteiger partial charge in [-0.1, -0.05) is 0 Å². The van der Waals surface area contributed by atoms with Gasteiger partial charge in [0.1, 0.15) is 24.1 Å². The summed E-state index contributed by atoms with van der Waals surface area (Å²) >= 11 is 0. The number of carbonyl (C=O) groups is 2. The molecular weight excluding hydrogens is 352 g/mol. The number of aliphatic hydroxyl groups excluding tert-OH is 1. The van der Waals surface area contributed by atoms with Crippen LogP contribution in [-0.2, 0) is 25.5 Å². The van der Waals surface area contributed by atoms with Crippen molar-refractivity contribution in [2.75, 3.05) is 6.61 Å². The van der Waals surface area contributed by atoms with Crippen molar-refractivity contribution in [3.63, 3.8) is 0 Å². The van der Waals surface area contributed by atoms with Crippen LogP contribution in [0.5, 0.6) is 5.75 Å². The number of nitrogens with zero attached hydrogens (tertiary/aromatic N) is 4. The number of primary amides is 1. The third-order valence-electron chi connectivity index (χ3n) is 4.16. The van der Waals surface area contributed by atoms with Crippen LogP contribution in [0.15, 0.2) is 30.5 Å². The Labute approximate surface area is 154 Å². The number of aromatic nitrogens is 4. The van der Waals surface area contributed by atoms with E-state index < -0.39 is 24.5 Å². The minimum atomic E-state index is -1.17. The number of hydrogen-bond acceptors (Lipinski definition) is 6. The molecule has 0 aliphatic carbocycles. The number of rotatable bonds is 7. The van der Waals surface area contributed by atoms with Crippen molar-refractivity contribution >= 4 is 22.7 Å². The standard InChI is InChI=1S/C17H20N6O4/c1-22-10(5-6-19-22)9-27-11-3-4-13-12(7-11)15(23(2)21-13)17(26)20-14(8-24)16(18)25/h3-7,14,24H,8-9H2,1-2H3,(H2,18,25)(H,20,26). The molecule has 0 bridgehead atoms. The van der Waals surface area contributed by atoms with Crippen molar-refractivity contribution in [1.29, 1.82) is 0 Å². The Bertz CT molecular complexity index is 993. The fourth-order valence-electron chi connectivity index (χ4n) is 2.67. The summed E-state index contributed by atoms with van der Waals surface area (Å²) in [6.45, 7) is -0.270. The lowest BCUT2D eigenvalue weighted by molar-refractivity contribution is -0.120. The lowest BCUT2D eigenvalue weighted by Crippen LogP contribution is -2.47. The van der Waals surface area contributed by atoms with Crippen LogP contribution < -0.4 is 15.8 Å². The molecule has 0 saturated carbocycles. The summed E-state index contributed by atoms with van der Waals surface area (Å²) in [5.74, 6) is -0.835. The molecule has 2 amide bonds. The molecule has 3 rings (SSSR count). The first-order valence-corrected chi connectivity index (χ1v) is 8.18. The van der Waals surface area contributed by atoms with E-state index in [1.165, 1.54) is 4.68 Å². The van der Waals surface area contributed by atoms with Crippen molar-refractivity contribution in [2.45, 2.75) is 12.6 Å². The molecular formula is C17H20N6O4. The molecule has 27 heavy (non-hydrogen) atoms. The molecule has 2 aromatic heterocycles. The number of nitrogens with two attached hydrogens (primary N) is 1. The highest BCUT2D eigenvalue weighted by Gasteiger charge is 2.22. The monoisotopic (exact) mass is 372 g/mol. The van der Waals surface area contributed by atoms with Crippen LogP contribution in [0.25, 0.3) is 10.9 Å². The van der Waals surface area contributed by atoms with Gasteiger partial charge in [0.2, 0.25) is 5.91 Å². The number of aryl methyl sites for hydroxylation is 2. The quantitative estimate of drug-likeness (QED) is 0.509. The summed E-state index contributed by atoms with van der Waals surface area (Å²) in [4.78, 5) is 23.8. The maximum atomic E-state index is 12.6. The minimum Gasteiger partial charge on any atom is -0.487 e. The van der Waals surface area contributed by atoms with Gasteiger partial charge in [-0.25, -0.2) is 0 Å². The van der Waals surface area contributed by atoms with E-state index in [-0.39, 0.29) is 5.69 Å². The highest BCUT2D eigenvalue weighted by atomic mass is 16.5. The minimum absolute atomic E-state index is 0.232. The number of carbonyl (C=O) groups excluding carboxylic acids is 2. The normalized spacial score (nSPS) is 12.1. The van der Waals surface area contributed by atoms with E-state index >= 15 is 0 Å². The third-order valence-corrected chi connectivity index (χ3v) is 4.16. The topological polar surface area (TPSA) is 137 Å². The molecule has 1 unspecified atom stereocenters. The van der Waals surface area contributed by atoms with Crippen LogP contribution in [0.3, 0.4) is 0 Å². The SMILES string of the molecule is Cn1nccc1COc1ccc2nn(C)c(C(=O)NC(CO)C(N)=O)c2c1. The molecule has 10 nitrogen and oxygen atoms in total. The third kappa shape index (κ3) is 3.75. The van der Waals surface area contributed by atoms with Gasteiger partial charge >= 0.3 is 0 Å². The number of aliphatic hydroxyl groups is 1. The van der Waals surface area contributed by atoms with Crippen molar-refractivity contribution in [1.82, 2.24) is 24.9 Å². The predicted molar refractivity (Wildman–Crippen MR) is 95.8 cm³/mol. The van der Waals surface area contributed by atoms with Crippen LogP contribution in [0.4, 0.5) is 0 Å². The molecule has 0 fully saturated rings. The van der Waals surface area contributed by atoms with E-state index in [1.54, 1.807) is 36.1 Å². The van der Waals surface area contributed by atoms with E-state index in [0.717, 1.165) is 5.69 Å². The molecule has 0 spiro atoms. The molecule has 3 aromatic rings. The second kappa shape index (κ2) is 7.46. The van der Waals surface area contributed by atoms with Crippen LogP contribution in [0.2, 0.25) is 0 Å². The summed E-state index contributed by atoms with van der Waals surface area (Å²) in [6, 6.07) is 5.87. The Hall–Kier alpha value is -3.40. The average molecular weight is 372 g/mol. The zero-order chi connectivity index (χ0) is 19.6. The fourth-order valence-corrected chi connectivity index (χ4v) is 2.67. The number of nitrogens with one attached hydrogen (secondary N) is 1.